The third kappa shape index (κ3) is 3.66. The minimum absolute atomic E-state index is 0.0281. The van der Waals surface area contributed by atoms with Crippen molar-refractivity contribution in [2.75, 3.05) is 6.26 Å². The van der Waals surface area contributed by atoms with Crippen molar-refractivity contribution in [3.05, 3.63) is 58.7 Å². The van der Waals surface area contributed by atoms with Gasteiger partial charge in [0.1, 0.15) is 5.75 Å². The number of hydrogen-bond donors (Lipinski definition) is 1. The number of pyridine rings is 1. The van der Waals surface area contributed by atoms with Gasteiger partial charge in [-0.1, -0.05) is 6.07 Å². The Bertz CT molecular complexity index is 1060. The van der Waals surface area contributed by atoms with Gasteiger partial charge in [-0.15, -0.1) is 0 Å². The lowest BCUT2D eigenvalue weighted by atomic mass is 9.97. The van der Waals surface area contributed by atoms with Crippen molar-refractivity contribution in [3.63, 3.8) is 0 Å². The number of aromatic nitrogens is 1. The average Bonchev–Trinajstić information content (AvgIpc) is 2.45. The first kappa shape index (κ1) is 17.4. The van der Waals surface area contributed by atoms with Gasteiger partial charge in [-0.25, -0.2) is 13.4 Å². The van der Waals surface area contributed by atoms with Gasteiger partial charge >= 0.3 is 0 Å². The van der Waals surface area contributed by atoms with Crippen LogP contribution in [0.1, 0.15) is 22.3 Å². The number of sulfone groups is 1. The molecule has 0 aliphatic rings. The fraction of sp³-hybridized carbons (Fsp3) is 0.250. The Kier molecular flexibility index (Phi) is 4.29. The second-order valence-corrected chi connectivity index (χ2v) is 8.84. The fourth-order valence-corrected chi connectivity index (χ4v) is 4.09. The summed E-state index contributed by atoms with van der Waals surface area (Å²) in [6.45, 7) is 5.92. The van der Waals surface area contributed by atoms with Crippen LogP contribution in [-0.2, 0) is 15.6 Å². The van der Waals surface area contributed by atoms with Gasteiger partial charge in [0.2, 0.25) is 0 Å². The lowest BCUT2D eigenvalue weighted by Crippen LogP contribution is -2.01. The summed E-state index contributed by atoms with van der Waals surface area (Å²) in [6, 6.07) is 11.1. The summed E-state index contributed by atoms with van der Waals surface area (Å²) in [7, 11) is -3.07. The standard InChI is InChI=1S/C20H21NO3S/c1-12-9-19(20-13(2)7-16(22)8-14(20)3)21-18-6-5-15(10-17(12)18)11-25(4,23)24/h5-10,22H,11H2,1-4H3. The third-order valence-electron chi connectivity index (χ3n) is 4.28. The molecule has 1 aromatic heterocycles. The van der Waals surface area contributed by atoms with E-state index in [0.29, 0.717) is 0 Å². The Morgan fingerprint density at radius 3 is 2.20 bits per heavy atom. The summed E-state index contributed by atoms with van der Waals surface area (Å²) >= 11 is 0. The molecule has 130 valence electrons. The van der Waals surface area contributed by atoms with Gasteiger partial charge in [-0.3, -0.25) is 0 Å². The van der Waals surface area contributed by atoms with Crippen LogP contribution in [0.15, 0.2) is 36.4 Å². The molecule has 0 atom stereocenters. The molecule has 0 unspecified atom stereocenters. The zero-order chi connectivity index (χ0) is 18.4. The number of aromatic hydroxyl groups is 1. The van der Waals surface area contributed by atoms with Gasteiger partial charge in [-0.2, -0.15) is 0 Å². The van der Waals surface area contributed by atoms with Crippen LogP contribution in [0.2, 0.25) is 0 Å². The predicted octanol–water partition coefficient (Wildman–Crippen LogP) is 4.08. The van der Waals surface area contributed by atoms with E-state index >= 15 is 0 Å². The number of rotatable bonds is 3. The van der Waals surface area contributed by atoms with Crippen molar-refractivity contribution in [2.45, 2.75) is 26.5 Å². The number of phenols is 1. The summed E-state index contributed by atoms with van der Waals surface area (Å²) in [5.41, 5.74) is 6.46. The van der Waals surface area contributed by atoms with Crippen LogP contribution in [0.3, 0.4) is 0 Å². The second-order valence-electron chi connectivity index (χ2n) is 6.70. The Morgan fingerprint density at radius 1 is 0.960 bits per heavy atom. The Labute approximate surface area is 148 Å². The third-order valence-corrected chi connectivity index (χ3v) is 5.14. The minimum Gasteiger partial charge on any atom is -0.508 e. The van der Waals surface area contributed by atoms with Crippen molar-refractivity contribution in [1.82, 2.24) is 4.98 Å². The van der Waals surface area contributed by atoms with E-state index in [2.05, 4.69) is 0 Å². The molecule has 0 spiro atoms. The normalized spacial score (nSPS) is 11.8. The van der Waals surface area contributed by atoms with Crippen LogP contribution in [-0.4, -0.2) is 24.8 Å². The monoisotopic (exact) mass is 355 g/mol. The van der Waals surface area contributed by atoms with E-state index in [0.717, 1.165) is 44.4 Å². The molecule has 0 aliphatic heterocycles. The zero-order valence-corrected chi connectivity index (χ0v) is 15.6. The van der Waals surface area contributed by atoms with E-state index in [9.17, 15) is 13.5 Å². The molecule has 0 bridgehead atoms. The molecule has 1 N–H and O–H groups in total. The highest BCUT2D eigenvalue weighted by molar-refractivity contribution is 7.89. The maximum absolute atomic E-state index is 11.5. The molecule has 0 fully saturated rings. The van der Waals surface area contributed by atoms with Crippen molar-refractivity contribution < 1.29 is 13.5 Å². The fourth-order valence-electron chi connectivity index (χ4n) is 3.31. The molecule has 0 saturated carbocycles. The molecule has 25 heavy (non-hydrogen) atoms. The van der Waals surface area contributed by atoms with Crippen molar-refractivity contribution in [2.24, 2.45) is 0 Å². The summed E-state index contributed by atoms with van der Waals surface area (Å²) < 4.78 is 23.1. The van der Waals surface area contributed by atoms with E-state index in [4.69, 9.17) is 4.98 Å². The average molecular weight is 355 g/mol. The van der Waals surface area contributed by atoms with Gasteiger partial charge < -0.3 is 5.11 Å². The van der Waals surface area contributed by atoms with Crippen LogP contribution in [0, 0.1) is 20.8 Å². The van der Waals surface area contributed by atoms with Crippen molar-refractivity contribution >= 4 is 20.7 Å². The molecule has 3 aromatic rings. The number of benzene rings is 2. The number of hydrogen-bond acceptors (Lipinski definition) is 4. The molecule has 4 nitrogen and oxygen atoms in total. The van der Waals surface area contributed by atoms with Gasteiger partial charge in [-0.05, 0) is 73.4 Å². The molecular formula is C20H21NO3S. The molecule has 3 rings (SSSR count). The topological polar surface area (TPSA) is 67.3 Å². The highest BCUT2D eigenvalue weighted by Crippen LogP contribution is 2.32. The quantitative estimate of drug-likeness (QED) is 0.769. The Balaban J connectivity index is 2.17. The molecule has 0 saturated heterocycles. The van der Waals surface area contributed by atoms with Crippen LogP contribution < -0.4 is 0 Å². The molecule has 2 aromatic carbocycles. The van der Waals surface area contributed by atoms with E-state index in [1.165, 1.54) is 6.26 Å². The van der Waals surface area contributed by atoms with Crippen LogP contribution in [0.25, 0.3) is 22.2 Å². The van der Waals surface area contributed by atoms with Crippen molar-refractivity contribution in [1.29, 1.82) is 0 Å². The lowest BCUT2D eigenvalue weighted by Gasteiger charge is -2.13. The molecule has 1 heterocycles. The van der Waals surface area contributed by atoms with Crippen LogP contribution in [0.5, 0.6) is 5.75 Å². The SMILES string of the molecule is Cc1cc(O)cc(C)c1-c1cc(C)c2cc(CS(C)(=O)=O)ccc2n1. The van der Waals surface area contributed by atoms with E-state index < -0.39 is 9.84 Å². The molecule has 0 radical (unpaired) electrons. The first-order valence-electron chi connectivity index (χ1n) is 8.02. The van der Waals surface area contributed by atoms with Gasteiger partial charge in [0.25, 0.3) is 0 Å². The summed E-state index contributed by atoms with van der Waals surface area (Å²) in [4.78, 5) is 4.76. The smallest absolute Gasteiger partial charge is 0.151 e. The number of aryl methyl sites for hydroxylation is 3. The van der Waals surface area contributed by atoms with Crippen LogP contribution >= 0.6 is 0 Å². The second kappa shape index (κ2) is 6.15. The summed E-state index contributed by atoms with van der Waals surface area (Å²) in [6.07, 6.45) is 1.24. The Morgan fingerprint density at radius 2 is 1.60 bits per heavy atom. The predicted molar refractivity (Wildman–Crippen MR) is 102 cm³/mol. The van der Waals surface area contributed by atoms with Gasteiger partial charge in [0, 0.05) is 17.2 Å². The summed E-state index contributed by atoms with van der Waals surface area (Å²) in [5, 5.41) is 10.7. The maximum Gasteiger partial charge on any atom is 0.151 e. The number of fused-ring (bicyclic) bond motifs is 1. The highest BCUT2D eigenvalue weighted by Gasteiger charge is 2.12. The first-order chi connectivity index (χ1) is 11.6. The van der Waals surface area contributed by atoms with Gasteiger partial charge in [0.15, 0.2) is 9.84 Å². The van der Waals surface area contributed by atoms with Crippen molar-refractivity contribution in [3.8, 4) is 17.0 Å². The highest BCUT2D eigenvalue weighted by atomic mass is 32.2. The molecule has 0 amide bonds. The molecule has 0 aliphatic carbocycles. The van der Waals surface area contributed by atoms with E-state index in [1.807, 2.05) is 45.0 Å². The van der Waals surface area contributed by atoms with Crippen LogP contribution in [0.4, 0.5) is 0 Å². The molecule has 5 heteroatoms. The largest absolute Gasteiger partial charge is 0.508 e. The first-order valence-corrected chi connectivity index (χ1v) is 10.1. The van der Waals surface area contributed by atoms with Gasteiger partial charge in [0.05, 0.1) is 17.0 Å². The molecular weight excluding hydrogens is 334 g/mol. The lowest BCUT2D eigenvalue weighted by molar-refractivity contribution is 0.474. The van der Waals surface area contributed by atoms with E-state index in [1.54, 1.807) is 12.1 Å². The number of phenolic OH excluding ortho intramolecular Hbond substituents is 1. The maximum atomic E-state index is 11.5. The zero-order valence-electron chi connectivity index (χ0n) is 14.8. The van der Waals surface area contributed by atoms with E-state index in [-0.39, 0.29) is 11.5 Å². The number of nitrogens with zero attached hydrogens (tertiary/aromatic N) is 1. The Hall–Kier alpha value is -2.40. The minimum atomic E-state index is -3.07. The summed E-state index contributed by atoms with van der Waals surface area (Å²) in [5.74, 6) is 0.280.